The van der Waals surface area contributed by atoms with Gasteiger partial charge in [0.05, 0.1) is 6.61 Å². The highest BCUT2D eigenvalue weighted by molar-refractivity contribution is 6.27. The van der Waals surface area contributed by atoms with Gasteiger partial charge in [-0.25, -0.2) is 0 Å². The van der Waals surface area contributed by atoms with Crippen molar-refractivity contribution in [1.82, 2.24) is 10.2 Å². The summed E-state index contributed by atoms with van der Waals surface area (Å²) in [6.45, 7) is 3.92. The molecule has 0 aromatic heterocycles. The minimum Gasteiger partial charge on any atom is -0.493 e. The Morgan fingerprint density at radius 3 is 2.67 bits per heavy atom. The van der Waals surface area contributed by atoms with E-state index in [1.807, 2.05) is 36.1 Å². The van der Waals surface area contributed by atoms with Crippen molar-refractivity contribution in [3.8, 4) is 5.75 Å². The van der Waals surface area contributed by atoms with E-state index in [9.17, 15) is 9.59 Å². The molecule has 1 saturated heterocycles. The number of nitrogens with zero attached hydrogens (tertiary/aromatic N) is 1. The Hall–Kier alpha value is -1.75. The minimum atomic E-state index is -0.144. The van der Waals surface area contributed by atoms with Gasteiger partial charge in [0.2, 0.25) is 11.8 Å². The van der Waals surface area contributed by atoms with Gasteiger partial charge in [0, 0.05) is 25.6 Å². The number of piperidine rings is 1. The number of aryl methyl sites for hydroxylation is 1. The molecule has 0 bridgehead atoms. The highest BCUT2D eigenvalue weighted by atomic mass is 35.5. The van der Waals surface area contributed by atoms with Gasteiger partial charge in [0.15, 0.2) is 0 Å². The number of carbonyl (C=O) groups is 2. The van der Waals surface area contributed by atoms with Crippen LogP contribution >= 0.6 is 11.6 Å². The third-order valence-electron chi connectivity index (χ3n) is 4.22. The van der Waals surface area contributed by atoms with Crippen LogP contribution < -0.4 is 10.1 Å². The van der Waals surface area contributed by atoms with Gasteiger partial charge in [-0.3, -0.25) is 9.59 Å². The summed E-state index contributed by atoms with van der Waals surface area (Å²) in [4.78, 5) is 25.4. The molecule has 6 heteroatoms. The highest BCUT2D eigenvalue weighted by Gasteiger charge is 2.23. The molecule has 0 radical (unpaired) electrons. The van der Waals surface area contributed by atoms with Crippen molar-refractivity contribution < 1.29 is 14.3 Å². The Morgan fingerprint density at radius 1 is 1.29 bits per heavy atom. The monoisotopic (exact) mass is 352 g/mol. The van der Waals surface area contributed by atoms with Crippen molar-refractivity contribution in [1.29, 1.82) is 0 Å². The molecule has 5 nitrogen and oxygen atoms in total. The van der Waals surface area contributed by atoms with Crippen molar-refractivity contribution in [3.05, 3.63) is 29.8 Å². The second-order valence-corrected chi connectivity index (χ2v) is 6.34. The normalized spacial score (nSPS) is 15.2. The third kappa shape index (κ3) is 5.71. The number of hydrogen-bond acceptors (Lipinski definition) is 3. The molecule has 0 spiro atoms. The van der Waals surface area contributed by atoms with Gasteiger partial charge >= 0.3 is 0 Å². The molecule has 1 aromatic carbocycles. The van der Waals surface area contributed by atoms with Crippen molar-refractivity contribution in [2.75, 3.05) is 25.6 Å². The van der Waals surface area contributed by atoms with Gasteiger partial charge in [0.1, 0.15) is 11.6 Å². The molecule has 132 valence electrons. The third-order valence-corrected chi connectivity index (χ3v) is 4.46. The summed E-state index contributed by atoms with van der Waals surface area (Å²) in [5, 5.41) is 2.87. The summed E-state index contributed by atoms with van der Waals surface area (Å²) in [5.74, 6) is 0.876. The zero-order valence-corrected chi connectivity index (χ0v) is 14.8. The molecular weight excluding hydrogens is 328 g/mol. The second-order valence-electron chi connectivity index (χ2n) is 6.07. The lowest BCUT2D eigenvalue weighted by molar-refractivity contribution is -0.132. The number of hydrogen-bond donors (Lipinski definition) is 1. The first-order valence-corrected chi connectivity index (χ1v) is 8.95. The van der Waals surface area contributed by atoms with Crippen LogP contribution in [0, 0.1) is 6.92 Å². The molecule has 1 aromatic rings. The molecule has 1 aliphatic heterocycles. The molecule has 2 amide bonds. The lowest BCUT2D eigenvalue weighted by Crippen LogP contribution is -2.46. The van der Waals surface area contributed by atoms with Crippen LogP contribution in [0.1, 0.15) is 31.2 Å². The van der Waals surface area contributed by atoms with E-state index in [0.29, 0.717) is 32.5 Å². The molecule has 1 aliphatic rings. The van der Waals surface area contributed by atoms with Crippen LogP contribution in [0.3, 0.4) is 0 Å². The molecule has 0 unspecified atom stereocenters. The predicted molar refractivity (Wildman–Crippen MR) is 94.4 cm³/mol. The number of nitrogens with one attached hydrogen (secondary N) is 1. The number of carbonyl (C=O) groups excluding carboxylic acids is 2. The van der Waals surface area contributed by atoms with E-state index in [4.69, 9.17) is 16.3 Å². The van der Waals surface area contributed by atoms with Crippen molar-refractivity contribution in [2.24, 2.45) is 0 Å². The van der Waals surface area contributed by atoms with E-state index < -0.39 is 0 Å². The average Bonchev–Trinajstić information content (AvgIpc) is 2.60. The predicted octanol–water partition coefficient (Wildman–Crippen LogP) is 2.50. The second kappa shape index (κ2) is 9.52. The maximum Gasteiger partial charge on any atom is 0.235 e. The summed E-state index contributed by atoms with van der Waals surface area (Å²) in [6, 6.07) is 8.00. The molecular formula is C18H25ClN2O3. The van der Waals surface area contributed by atoms with E-state index in [2.05, 4.69) is 5.32 Å². The number of likely N-dealkylation sites (tertiary alicyclic amines) is 1. The van der Waals surface area contributed by atoms with E-state index in [1.165, 1.54) is 0 Å². The van der Waals surface area contributed by atoms with Crippen LogP contribution in [-0.2, 0) is 9.59 Å². The SMILES string of the molecule is Cc1ccccc1OCCCC(=O)N1CCC(NC(=O)CCl)CC1. The quantitative estimate of drug-likeness (QED) is 0.606. The van der Waals surface area contributed by atoms with Crippen molar-refractivity contribution >= 4 is 23.4 Å². The summed E-state index contributed by atoms with van der Waals surface area (Å²) in [5.41, 5.74) is 1.10. The maximum atomic E-state index is 12.2. The Balaban J connectivity index is 1.63. The van der Waals surface area contributed by atoms with Gasteiger partial charge in [-0.1, -0.05) is 18.2 Å². The van der Waals surface area contributed by atoms with E-state index >= 15 is 0 Å². The Bertz CT molecular complexity index is 557. The highest BCUT2D eigenvalue weighted by Crippen LogP contribution is 2.17. The number of alkyl halides is 1. The molecule has 1 heterocycles. The van der Waals surface area contributed by atoms with E-state index in [-0.39, 0.29) is 23.7 Å². The summed E-state index contributed by atoms with van der Waals surface area (Å²) >= 11 is 5.49. The zero-order valence-electron chi connectivity index (χ0n) is 14.1. The van der Waals surface area contributed by atoms with Crippen LogP contribution in [0.4, 0.5) is 0 Å². The lowest BCUT2D eigenvalue weighted by atomic mass is 10.0. The standard InChI is InChI=1S/C18H25ClN2O3/c1-14-5-2-3-6-16(14)24-12-4-7-18(23)21-10-8-15(9-11-21)20-17(22)13-19/h2-3,5-6,15H,4,7-13H2,1H3,(H,20,22). The molecule has 0 saturated carbocycles. The van der Waals surface area contributed by atoms with Gasteiger partial charge < -0.3 is 15.0 Å². The van der Waals surface area contributed by atoms with Gasteiger partial charge in [-0.15, -0.1) is 11.6 Å². The first-order valence-electron chi connectivity index (χ1n) is 8.41. The fourth-order valence-corrected chi connectivity index (χ4v) is 2.90. The minimum absolute atomic E-state index is 0.0139. The van der Waals surface area contributed by atoms with E-state index in [1.54, 1.807) is 0 Å². The molecule has 0 aliphatic carbocycles. The number of para-hydroxylation sites is 1. The van der Waals surface area contributed by atoms with Crippen LogP contribution in [0.5, 0.6) is 5.75 Å². The van der Waals surface area contributed by atoms with Crippen LogP contribution in [0.15, 0.2) is 24.3 Å². The zero-order chi connectivity index (χ0) is 17.4. The number of rotatable bonds is 7. The first kappa shape index (κ1) is 18.6. The number of benzene rings is 1. The smallest absolute Gasteiger partial charge is 0.235 e. The van der Waals surface area contributed by atoms with Crippen LogP contribution in [-0.4, -0.2) is 48.3 Å². The average molecular weight is 353 g/mol. The Kier molecular flexibility index (Phi) is 7.37. The molecule has 2 rings (SSSR count). The summed E-state index contributed by atoms with van der Waals surface area (Å²) in [6.07, 6.45) is 2.77. The number of halogens is 1. The first-order chi connectivity index (χ1) is 11.6. The fraction of sp³-hybridized carbons (Fsp3) is 0.556. The van der Waals surface area contributed by atoms with Gasteiger partial charge in [-0.2, -0.15) is 0 Å². The van der Waals surface area contributed by atoms with Crippen molar-refractivity contribution in [3.63, 3.8) is 0 Å². The van der Waals surface area contributed by atoms with Crippen LogP contribution in [0.25, 0.3) is 0 Å². The van der Waals surface area contributed by atoms with Crippen molar-refractivity contribution in [2.45, 2.75) is 38.6 Å². The molecule has 1 N–H and O–H groups in total. The maximum absolute atomic E-state index is 12.2. The molecule has 1 fully saturated rings. The van der Waals surface area contributed by atoms with E-state index in [0.717, 1.165) is 24.2 Å². The molecule has 0 atom stereocenters. The Labute approximate surface area is 148 Å². The lowest BCUT2D eigenvalue weighted by Gasteiger charge is -2.32. The molecule has 24 heavy (non-hydrogen) atoms. The topological polar surface area (TPSA) is 58.6 Å². The summed E-state index contributed by atoms with van der Waals surface area (Å²) in [7, 11) is 0. The van der Waals surface area contributed by atoms with Crippen LogP contribution in [0.2, 0.25) is 0 Å². The largest absolute Gasteiger partial charge is 0.493 e. The number of ether oxygens (including phenoxy) is 1. The Morgan fingerprint density at radius 2 is 2.00 bits per heavy atom. The van der Waals surface area contributed by atoms with Gasteiger partial charge in [0.25, 0.3) is 0 Å². The fourth-order valence-electron chi connectivity index (χ4n) is 2.82. The van der Waals surface area contributed by atoms with Gasteiger partial charge in [-0.05, 0) is 37.8 Å². The summed E-state index contributed by atoms with van der Waals surface area (Å²) < 4.78 is 5.72. The number of amides is 2.